The van der Waals surface area contributed by atoms with Gasteiger partial charge < -0.3 is 9.97 Å². The fourth-order valence-electron chi connectivity index (χ4n) is 6.95. The first kappa shape index (κ1) is 28.7. The molecule has 0 spiro atoms. The number of H-pyrrole nitrogens is 2. The van der Waals surface area contributed by atoms with E-state index in [4.69, 9.17) is 9.97 Å². The van der Waals surface area contributed by atoms with Gasteiger partial charge in [-0.3, -0.25) is 0 Å². The first-order valence-corrected chi connectivity index (χ1v) is 16.6. The summed E-state index contributed by atoms with van der Waals surface area (Å²) in [4.78, 5) is 18.4. The van der Waals surface area contributed by atoms with Crippen LogP contribution >= 0.6 is 0 Å². The van der Waals surface area contributed by atoms with Crippen molar-refractivity contribution in [2.75, 3.05) is 0 Å². The van der Waals surface area contributed by atoms with Crippen molar-refractivity contribution in [1.82, 2.24) is 19.9 Å². The lowest BCUT2D eigenvalue weighted by Gasteiger charge is -2.07. The maximum Gasteiger partial charge on any atom is 0.0737 e. The van der Waals surface area contributed by atoms with Gasteiger partial charge in [0.2, 0.25) is 0 Å². The van der Waals surface area contributed by atoms with Gasteiger partial charge in [-0.15, -0.1) is 0 Å². The first-order valence-electron chi connectivity index (χ1n) is 16.6. The Morgan fingerprint density at radius 2 is 0.612 bits per heavy atom. The van der Waals surface area contributed by atoms with Gasteiger partial charge in [-0.25, -0.2) is 9.97 Å². The van der Waals surface area contributed by atoms with E-state index in [-0.39, 0.29) is 0 Å². The number of hydrogen-bond acceptors (Lipinski definition) is 2. The second kappa shape index (κ2) is 11.9. The normalized spacial score (nSPS) is 12.0. The molecule has 2 aliphatic heterocycles. The van der Waals surface area contributed by atoms with Crippen LogP contribution < -0.4 is 0 Å². The number of fused-ring (bicyclic) bond motifs is 8. The van der Waals surface area contributed by atoms with E-state index in [0.717, 1.165) is 89.4 Å². The third kappa shape index (κ3) is 5.20. The summed E-state index contributed by atoms with van der Waals surface area (Å²) in [6.45, 7) is 2.12. The van der Waals surface area contributed by atoms with Crippen LogP contribution in [-0.2, 0) is 0 Å². The molecule has 9 rings (SSSR count). The van der Waals surface area contributed by atoms with Gasteiger partial charge >= 0.3 is 0 Å². The summed E-state index contributed by atoms with van der Waals surface area (Å²) < 4.78 is 0. The van der Waals surface area contributed by atoms with Crippen LogP contribution in [0.2, 0.25) is 0 Å². The molecule has 0 saturated heterocycles. The molecular formula is C45H32N4. The number of hydrogen-bond donors (Lipinski definition) is 2. The molecule has 0 amide bonds. The number of rotatable bonds is 4. The predicted octanol–water partition coefficient (Wildman–Crippen LogP) is 11.6. The summed E-state index contributed by atoms with van der Waals surface area (Å²) in [6.07, 6.45) is 8.56. The van der Waals surface area contributed by atoms with E-state index in [1.807, 2.05) is 0 Å². The van der Waals surface area contributed by atoms with E-state index < -0.39 is 0 Å². The Morgan fingerprint density at radius 1 is 0.327 bits per heavy atom. The Kier molecular flexibility index (Phi) is 6.98. The minimum Gasteiger partial charge on any atom is -0.354 e. The van der Waals surface area contributed by atoms with Crippen molar-refractivity contribution in [3.05, 3.63) is 168 Å². The Morgan fingerprint density at radius 3 is 0.918 bits per heavy atom. The topological polar surface area (TPSA) is 57.4 Å². The fraction of sp³-hybridized carbons (Fsp3) is 0.0222. The Labute approximate surface area is 284 Å². The van der Waals surface area contributed by atoms with E-state index in [1.54, 1.807) is 0 Å². The average molecular weight is 629 g/mol. The second-order valence-corrected chi connectivity index (χ2v) is 12.5. The first-order chi connectivity index (χ1) is 24.2. The molecule has 8 bridgehead atoms. The van der Waals surface area contributed by atoms with Crippen LogP contribution in [0.15, 0.2) is 140 Å². The molecule has 0 atom stereocenters. The quantitative estimate of drug-likeness (QED) is 0.204. The van der Waals surface area contributed by atoms with Crippen molar-refractivity contribution in [2.45, 2.75) is 6.92 Å². The summed E-state index contributed by atoms with van der Waals surface area (Å²) >= 11 is 0. The van der Waals surface area contributed by atoms with E-state index >= 15 is 0 Å². The van der Waals surface area contributed by atoms with Gasteiger partial charge in [0.1, 0.15) is 0 Å². The summed E-state index contributed by atoms with van der Waals surface area (Å²) in [7, 11) is 0. The number of nitrogens with zero attached hydrogens (tertiary/aromatic N) is 2. The van der Waals surface area contributed by atoms with Crippen molar-refractivity contribution >= 4 is 46.4 Å². The smallest absolute Gasteiger partial charge is 0.0737 e. The Balaban J connectivity index is 1.48. The van der Waals surface area contributed by atoms with Gasteiger partial charge in [0.25, 0.3) is 0 Å². The highest BCUT2D eigenvalue weighted by Gasteiger charge is 2.18. The molecule has 49 heavy (non-hydrogen) atoms. The lowest BCUT2D eigenvalue weighted by Crippen LogP contribution is -1.89. The molecule has 2 aliphatic rings. The van der Waals surface area contributed by atoms with Crippen molar-refractivity contribution in [1.29, 1.82) is 0 Å². The average Bonchev–Trinajstić information content (AvgIpc) is 3.98. The lowest BCUT2D eigenvalue weighted by molar-refractivity contribution is 1.31. The highest BCUT2D eigenvalue weighted by atomic mass is 14.8. The van der Waals surface area contributed by atoms with Crippen LogP contribution in [0.1, 0.15) is 28.3 Å². The largest absolute Gasteiger partial charge is 0.354 e. The summed E-state index contributed by atoms with van der Waals surface area (Å²) in [5.74, 6) is 0. The van der Waals surface area contributed by atoms with Crippen LogP contribution in [-0.4, -0.2) is 19.9 Å². The molecule has 3 aromatic heterocycles. The van der Waals surface area contributed by atoms with Crippen molar-refractivity contribution < 1.29 is 0 Å². The third-order valence-corrected chi connectivity index (χ3v) is 9.28. The molecule has 0 saturated carbocycles. The van der Waals surface area contributed by atoms with Crippen molar-refractivity contribution in [3.8, 4) is 44.5 Å². The van der Waals surface area contributed by atoms with Gasteiger partial charge in [-0.05, 0) is 77.7 Å². The maximum absolute atomic E-state index is 5.37. The molecule has 4 nitrogen and oxygen atoms in total. The zero-order chi connectivity index (χ0) is 32.7. The molecule has 7 aromatic rings. The van der Waals surface area contributed by atoms with Crippen LogP contribution in [0.25, 0.3) is 90.9 Å². The molecule has 0 aliphatic carbocycles. The minimum absolute atomic E-state index is 0.906. The number of benzene rings is 4. The molecule has 2 N–H and O–H groups in total. The van der Waals surface area contributed by atoms with Crippen LogP contribution in [0, 0.1) is 6.92 Å². The molecular weight excluding hydrogens is 597 g/mol. The summed E-state index contributed by atoms with van der Waals surface area (Å²) in [5.41, 5.74) is 17.4. The monoisotopic (exact) mass is 628 g/mol. The number of aromatic nitrogens is 4. The molecule has 0 fully saturated rings. The van der Waals surface area contributed by atoms with Crippen molar-refractivity contribution in [3.63, 3.8) is 0 Å². The van der Waals surface area contributed by atoms with Crippen molar-refractivity contribution in [2.24, 2.45) is 0 Å². The fourth-order valence-corrected chi connectivity index (χ4v) is 6.95. The van der Waals surface area contributed by atoms with Crippen LogP contribution in [0.5, 0.6) is 0 Å². The zero-order valence-corrected chi connectivity index (χ0v) is 27.0. The van der Waals surface area contributed by atoms with Crippen LogP contribution in [0.4, 0.5) is 0 Å². The molecule has 0 unspecified atom stereocenters. The summed E-state index contributed by atoms with van der Waals surface area (Å²) in [5, 5.41) is 0. The van der Waals surface area contributed by atoms with E-state index in [2.05, 4.69) is 181 Å². The Hall–Kier alpha value is -6.52. The van der Waals surface area contributed by atoms with E-state index in [0.29, 0.717) is 0 Å². The van der Waals surface area contributed by atoms with Gasteiger partial charge in [0.05, 0.1) is 22.8 Å². The second-order valence-electron chi connectivity index (χ2n) is 12.5. The molecule has 4 heteroatoms. The van der Waals surface area contributed by atoms with Gasteiger partial charge in [-0.1, -0.05) is 121 Å². The lowest BCUT2D eigenvalue weighted by atomic mass is 10.0. The number of aryl methyl sites for hydroxylation is 1. The van der Waals surface area contributed by atoms with Gasteiger partial charge in [0.15, 0.2) is 0 Å². The zero-order valence-electron chi connectivity index (χ0n) is 27.0. The van der Waals surface area contributed by atoms with Gasteiger partial charge in [-0.2, -0.15) is 0 Å². The molecule has 5 heterocycles. The van der Waals surface area contributed by atoms with Gasteiger partial charge in [0, 0.05) is 44.3 Å². The number of nitrogens with one attached hydrogen (secondary N) is 2. The SMILES string of the molecule is Cc1ccc(-c2c3nc(c(-c4ccccc4)c4ccc([nH]4)c(-c4ccccc4)c4nc(c(-c5ccccc5)c5ccc2[nH]5)C=C4)C=C3)cc1. The molecule has 232 valence electrons. The predicted molar refractivity (Wildman–Crippen MR) is 205 cm³/mol. The minimum atomic E-state index is 0.906. The van der Waals surface area contributed by atoms with E-state index in [1.165, 1.54) is 5.56 Å². The maximum atomic E-state index is 5.37. The standard InChI is InChI=1S/C45H32N4/c1-29-17-19-33(20-18-29)45-40-27-25-38(48-40)43(31-13-7-3-8-14-31)36-23-21-34(46-36)42(30-11-5-2-6-12-30)35-22-24-37(47-35)44(32-15-9-4-10-16-32)39-26-28-41(45)49-39/h2-28,46,49H,1H3. The number of aromatic amines is 2. The van der Waals surface area contributed by atoms with Crippen LogP contribution in [0.3, 0.4) is 0 Å². The highest BCUT2D eigenvalue weighted by molar-refractivity contribution is 5.99. The van der Waals surface area contributed by atoms with E-state index in [9.17, 15) is 0 Å². The highest BCUT2D eigenvalue weighted by Crippen LogP contribution is 2.38. The molecule has 0 radical (unpaired) electrons. The Bertz CT molecular complexity index is 2530. The molecule has 4 aromatic carbocycles. The summed E-state index contributed by atoms with van der Waals surface area (Å²) in [6, 6.07) is 48.9. The third-order valence-electron chi connectivity index (χ3n) is 9.28.